The Bertz CT molecular complexity index is 333. The molecule has 0 radical (unpaired) electrons. The van der Waals surface area contributed by atoms with Crippen molar-refractivity contribution in [2.24, 2.45) is 0 Å². The number of benzene rings is 1. The fourth-order valence-electron chi connectivity index (χ4n) is 2.27. The Kier molecular flexibility index (Phi) is 7.53. The van der Waals surface area contributed by atoms with E-state index in [1.54, 1.807) is 7.11 Å². The third-order valence-corrected chi connectivity index (χ3v) is 3.64. The van der Waals surface area contributed by atoms with E-state index < -0.39 is 0 Å². The summed E-state index contributed by atoms with van der Waals surface area (Å²) in [6.45, 7) is 11.0. The van der Waals surface area contributed by atoms with E-state index in [9.17, 15) is 0 Å². The zero-order valence-corrected chi connectivity index (χ0v) is 12.8. The molecule has 0 bridgehead atoms. The van der Waals surface area contributed by atoms with Gasteiger partial charge in [0.05, 0.1) is 7.11 Å². The van der Waals surface area contributed by atoms with Crippen LogP contribution in [0.15, 0.2) is 24.3 Å². The van der Waals surface area contributed by atoms with Crippen molar-refractivity contribution in [1.29, 1.82) is 0 Å². The van der Waals surface area contributed by atoms with E-state index in [1.807, 2.05) is 12.1 Å². The van der Waals surface area contributed by atoms with Crippen molar-refractivity contribution < 1.29 is 4.74 Å². The van der Waals surface area contributed by atoms with E-state index in [4.69, 9.17) is 4.74 Å². The molecule has 0 aromatic heterocycles. The first kappa shape index (κ1) is 16.0. The highest BCUT2D eigenvalue weighted by atomic mass is 16.5. The molecule has 0 amide bonds. The van der Waals surface area contributed by atoms with E-state index in [0.29, 0.717) is 6.04 Å². The molecule has 0 spiro atoms. The summed E-state index contributed by atoms with van der Waals surface area (Å²) in [7, 11) is 1.70. The maximum absolute atomic E-state index is 5.20. The average Bonchev–Trinajstić information content (AvgIpc) is 2.48. The molecule has 3 heteroatoms. The van der Waals surface area contributed by atoms with Gasteiger partial charge in [0.25, 0.3) is 0 Å². The Hall–Kier alpha value is -1.06. The van der Waals surface area contributed by atoms with E-state index in [-0.39, 0.29) is 0 Å². The van der Waals surface area contributed by atoms with Crippen LogP contribution in [0.2, 0.25) is 0 Å². The smallest absolute Gasteiger partial charge is 0.118 e. The highest BCUT2D eigenvalue weighted by molar-refractivity contribution is 5.29. The summed E-state index contributed by atoms with van der Waals surface area (Å²) in [6, 6.07) is 8.80. The number of nitrogens with zero attached hydrogens (tertiary/aromatic N) is 1. The molecule has 0 aliphatic carbocycles. The van der Waals surface area contributed by atoms with Crippen LogP contribution >= 0.6 is 0 Å². The van der Waals surface area contributed by atoms with Gasteiger partial charge in [-0.25, -0.2) is 0 Å². The summed E-state index contributed by atoms with van der Waals surface area (Å²) in [4.78, 5) is 2.44. The van der Waals surface area contributed by atoms with Crippen LogP contribution in [0.1, 0.15) is 38.8 Å². The maximum atomic E-state index is 5.20. The van der Waals surface area contributed by atoms with Gasteiger partial charge in [-0.05, 0) is 37.2 Å². The number of hydrogen-bond acceptors (Lipinski definition) is 3. The lowest BCUT2D eigenvalue weighted by atomic mass is 10.0. The van der Waals surface area contributed by atoms with Crippen LogP contribution < -0.4 is 10.1 Å². The molecule has 0 heterocycles. The molecule has 1 aromatic carbocycles. The minimum Gasteiger partial charge on any atom is -0.497 e. The first-order valence-corrected chi connectivity index (χ1v) is 7.34. The molecule has 0 saturated heterocycles. The van der Waals surface area contributed by atoms with Crippen LogP contribution in [0.5, 0.6) is 5.75 Å². The molecule has 1 unspecified atom stereocenters. The first-order chi connectivity index (χ1) is 9.24. The van der Waals surface area contributed by atoms with Gasteiger partial charge in [0.1, 0.15) is 5.75 Å². The molecular weight excluding hydrogens is 236 g/mol. The molecule has 3 nitrogen and oxygen atoms in total. The SMILES string of the molecule is CCC(NCCN(CC)CC)c1ccc(OC)cc1. The van der Waals surface area contributed by atoms with Crippen molar-refractivity contribution >= 4 is 0 Å². The lowest BCUT2D eigenvalue weighted by Gasteiger charge is -2.22. The number of nitrogens with one attached hydrogen (secondary N) is 1. The van der Waals surface area contributed by atoms with Gasteiger partial charge in [0.15, 0.2) is 0 Å². The number of likely N-dealkylation sites (N-methyl/N-ethyl adjacent to an activating group) is 1. The molecule has 1 aromatic rings. The Morgan fingerprint density at radius 3 is 2.21 bits per heavy atom. The fraction of sp³-hybridized carbons (Fsp3) is 0.625. The largest absolute Gasteiger partial charge is 0.497 e. The van der Waals surface area contributed by atoms with E-state index >= 15 is 0 Å². The number of methoxy groups -OCH3 is 1. The molecule has 0 aliphatic rings. The predicted octanol–water partition coefficient (Wildman–Crippen LogP) is 3.08. The Morgan fingerprint density at radius 2 is 1.74 bits per heavy atom. The number of ether oxygens (including phenoxy) is 1. The second-order valence-electron chi connectivity index (χ2n) is 4.72. The van der Waals surface area contributed by atoms with Crippen molar-refractivity contribution in [1.82, 2.24) is 10.2 Å². The van der Waals surface area contributed by atoms with E-state index in [0.717, 1.165) is 38.3 Å². The fourth-order valence-corrected chi connectivity index (χ4v) is 2.27. The van der Waals surface area contributed by atoms with Crippen molar-refractivity contribution in [3.63, 3.8) is 0 Å². The molecule has 1 N–H and O–H groups in total. The van der Waals surface area contributed by atoms with Crippen LogP contribution in [-0.2, 0) is 0 Å². The highest BCUT2D eigenvalue weighted by Gasteiger charge is 2.09. The van der Waals surface area contributed by atoms with Crippen LogP contribution in [0.25, 0.3) is 0 Å². The molecule has 0 saturated carbocycles. The van der Waals surface area contributed by atoms with Gasteiger partial charge >= 0.3 is 0 Å². The first-order valence-electron chi connectivity index (χ1n) is 7.34. The van der Waals surface area contributed by atoms with Crippen LogP contribution in [0.4, 0.5) is 0 Å². The Morgan fingerprint density at radius 1 is 1.11 bits per heavy atom. The van der Waals surface area contributed by atoms with Crippen molar-refractivity contribution in [3.8, 4) is 5.75 Å². The van der Waals surface area contributed by atoms with Gasteiger partial charge in [0, 0.05) is 19.1 Å². The van der Waals surface area contributed by atoms with E-state index in [2.05, 4.69) is 43.1 Å². The molecule has 0 fully saturated rings. The minimum absolute atomic E-state index is 0.432. The van der Waals surface area contributed by atoms with Gasteiger partial charge in [-0.2, -0.15) is 0 Å². The monoisotopic (exact) mass is 264 g/mol. The molecule has 0 aliphatic heterocycles. The molecule has 108 valence electrons. The van der Waals surface area contributed by atoms with Crippen molar-refractivity contribution in [2.75, 3.05) is 33.3 Å². The van der Waals surface area contributed by atoms with Gasteiger partial charge in [0.2, 0.25) is 0 Å². The maximum Gasteiger partial charge on any atom is 0.118 e. The van der Waals surface area contributed by atoms with Crippen molar-refractivity contribution in [2.45, 2.75) is 33.2 Å². The molecular formula is C16H28N2O. The highest BCUT2D eigenvalue weighted by Crippen LogP contribution is 2.19. The van der Waals surface area contributed by atoms with Crippen LogP contribution in [-0.4, -0.2) is 38.2 Å². The topological polar surface area (TPSA) is 24.5 Å². The quantitative estimate of drug-likeness (QED) is 0.742. The third kappa shape index (κ3) is 5.21. The van der Waals surface area contributed by atoms with Gasteiger partial charge < -0.3 is 15.0 Å². The van der Waals surface area contributed by atoms with Crippen molar-refractivity contribution in [3.05, 3.63) is 29.8 Å². The second kappa shape index (κ2) is 8.94. The Labute approximate surface area is 118 Å². The van der Waals surface area contributed by atoms with Crippen LogP contribution in [0.3, 0.4) is 0 Å². The zero-order valence-electron chi connectivity index (χ0n) is 12.8. The van der Waals surface area contributed by atoms with Gasteiger partial charge in [-0.15, -0.1) is 0 Å². The normalized spacial score (nSPS) is 12.7. The van der Waals surface area contributed by atoms with Crippen LogP contribution in [0, 0.1) is 0 Å². The molecule has 1 rings (SSSR count). The average molecular weight is 264 g/mol. The number of rotatable bonds is 9. The molecule has 1 atom stereocenters. The Balaban J connectivity index is 2.48. The third-order valence-electron chi connectivity index (χ3n) is 3.64. The van der Waals surface area contributed by atoms with Gasteiger partial charge in [-0.3, -0.25) is 0 Å². The lowest BCUT2D eigenvalue weighted by Crippen LogP contribution is -2.33. The second-order valence-corrected chi connectivity index (χ2v) is 4.72. The summed E-state index contributed by atoms with van der Waals surface area (Å²) in [5.41, 5.74) is 1.34. The number of hydrogen-bond donors (Lipinski definition) is 1. The summed E-state index contributed by atoms with van der Waals surface area (Å²) in [6.07, 6.45) is 1.10. The summed E-state index contributed by atoms with van der Waals surface area (Å²) >= 11 is 0. The summed E-state index contributed by atoms with van der Waals surface area (Å²) < 4.78 is 5.20. The van der Waals surface area contributed by atoms with E-state index in [1.165, 1.54) is 5.56 Å². The summed E-state index contributed by atoms with van der Waals surface area (Å²) in [5.74, 6) is 0.918. The zero-order chi connectivity index (χ0) is 14.1. The minimum atomic E-state index is 0.432. The summed E-state index contributed by atoms with van der Waals surface area (Å²) in [5, 5.41) is 3.64. The molecule has 19 heavy (non-hydrogen) atoms. The standard InChI is InChI=1S/C16H28N2O/c1-5-16(17-12-13-18(6-2)7-3)14-8-10-15(19-4)11-9-14/h8-11,16-17H,5-7,12-13H2,1-4H3. The predicted molar refractivity (Wildman–Crippen MR) is 81.8 cm³/mol. The lowest BCUT2D eigenvalue weighted by molar-refractivity contribution is 0.295. The van der Waals surface area contributed by atoms with Gasteiger partial charge in [-0.1, -0.05) is 32.9 Å².